The molecule has 0 aliphatic rings. The molecule has 15 heavy (non-hydrogen) atoms. The Morgan fingerprint density at radius 2 is 2.33 bits per heavy atom. The summed E-state index contributed by atoms with van der Waals surface area (Å²) in [6.45, 7) is 5.24. The molecule has 84 valence electrons. The largest absolute Gasteiger partial charge is 0.393 e. The Bertz CT molecular complexity index is 333. The molecular weight excluding hydrogens is 196 g/mol. The third kappa shape index (κ3) is 3.71. The van der Waals surface area contributed by atoms with E-state index in [2.05, 4.69) is 10.5 Å². The normalized spacial score (nSPS) is 14.7. The number of aliphatic hydroxyl groups is 1. The van der Waals surface area contributed by atoms with E-state index in [4.69, 9.17) is 9.63 Å². The van der Waals surface area contributed by atoms with Gasteiger partial charge < -0.3 is 14.9 Å². The highest BCUT2D eigenvalue weighted by atomic mass is 16.5. The minimum Gasteiger partial charge on any atom is -0.393 e. The van der Waals surface area contributed by atoms with E-state index in [0.29, 0.717) is 12.2 Å². The summed E-state index contributed by atoms with van der Waals surface area (Å²) >= 11 is 0. The van der Waals surface area contributed by atoms with Crippen LogP contribution >= 0.6 is 0 Å². The quantitative estimate of drug-likeness (QED) is 0.776. The Morgan fingerprint density at radius 3 is 2.80 bits per heavy atom. The number of carbonyl (C=O) groups is 1. The second-order valence-electron chi connectivity index (χ2n) is 3.78. The van der Waals surface area contributed by atoms with Gasteiger partial charge in [0.05, 0.1) is 6.10 Å². The maximum absolute atomic E-state index is 11.5. The maximum Gasteiger partial charge on any atom is 0.273 e. The number of aryl methyl sites for hydroxylation is 1. The fraction of sp³-hybridized carbons (Fsp3) is 0.600. The van der Waals surface area contributed by atoms with Crippen molar-refractivity contribution in [1.29, 1.82) is 0 Å². The first-order chi connectivity index (χ1) is 6.99. The molecule has 0 spiro atoms. The average Bonchev–Trinajstić information content (AvgIpc) is 2.49. The fourth-order valence-corrected chi connectivity index (χ4v) is 1.34. The lowest BCUT2D eigenvalue weighted by Gasteiger charge is -2.13. The number of nitrogens with zero attached hydrogens (tertiary/aromatic N) is 1. The van der Waals surface area contributed by atoms with Crippen molar-refractivity contribution in [2.75, 3.05) is 0 Å². The zero-order valence-electron chi connectivity index (χ0n) is 9.15. The van der Waals surface area contributed by atoms with Gasteiger partial charge in [0.15, 0.2) is 5.69 Å². The lowest BCUT2D eigenvalue weighted by atomic mass is 10.1. The van der Waals surface area contributed by atoms with Gasteiger partial charge in [-0.15, -0.1) is 0 Å². The zero-order chi connectivity index (χ0) is 11.4. The van der Waals surface area contributed by atoms with Crippen molar-refractivity contribution in [3.05, 3.63) is 17.5 Å². The lowest BCUT2D eigenvalue weighted by Crippen LogP contribution is -2.34. The summed E-state index contributed by atoms with van der Waals surface area (Å²) in [5.74, 6) is 0.323. The van der Waals surface area contributed by atoms with Crippen LogP contribution in [0.4, 0.5) is 0 Å². The van der Waals surface area contributed by atoms with Gasteiger partial charge >= 0.3 is 0 Å². The van der Waals surface area contributed by atoms with Gasteiger partial charge in [0.25, 0.3) is 5.91 Å². The number of hydrogen-bond acceptors (Lipinski definition) is 4. The van der Waals surface area contributed by atoms with E-state index in [-0.39, 0.29) is 17.6 Å². The smallest absolute Gasteiger partial charge is 0.273 e. The van der Waals surface area contributed by atoms with E-state index in [1.807, 2.05) is 6.92 Å². The molecule has 1 rings (SSSR count). The third-order valence-corrected chi connectivity index (χ3v) is 1.93. The van der Waals surface area contributed by atoms with Gasteiger partial charge in [-0.1, -0.05) is 5.16 Å². The zero-order valence-corrected chi connectivity index (χ0v) is 9.15. The van der Waals surface area contributed by atoms with E-state index in [0.717, 1.165) is 0 Å². The molecule has 1 aromatic rings. The number of aliphatic hydroxyl groups excluding tert-OH is 1. The minimum atomic E-state index is -0.431. The molecule has 0 saturated heterocycles. The van der Waals surface area contributed by atoms with Crippen molar-refractivity contribution in [2.24, 2.45) is 0 Å². The Hall–Kier alpha value is -1.36. The van der Waals surface area contributed by atoms with E-state index in [1.165, 1.54) is 0 Å². The number of carbonyl (C=O) groups excluding carboxylic acids is 1. The molecule has 5 heteroatoms. The Balaban J connectivity index is 2.49. The molecular formula is C10H16N2O3. The summed E-state index contributed by atoms with van der Waals surface area (Å²) in [6, 6.07) is 1.49. The molecule has 1 heterocycles. The molecule has 0 aliphatic carbocycles. The highest BCUT2D eigenvalue weighted by Crippen LogP contribution is 2.03. The minimum absolute atomic E-state index is 0.0884. The topological polar surface area (TPSA) is 75.4 Å². The van der Waals surface area contributed by atoms with Gasteiger partial charge in [-0.25, -0.2) is 0 Å². The average molecular weight is 212 g/mol. The molecule has 0 aliphatic heterocycles. The van der Waals surface area contributed by atoms with Gasteiger partial charge in [-0.3, -0.25) is 4.79 Å². The molecule has 2 N–H and O–H groups in total. The molecule has 2 unspecified atom stereocenters. The summed E-state index contributed by atoms with van der Waals surface area (Å²) in [5, 5.41) is 15.4. The van der Waals surface area contributed by atoms with E-state index < -0.39 is 6.10 Å². The van der Waals surface area contributed by atoms with Gasteiger partial charge in [0.1, 0.15) is 5.76 Å². The SMILES string of the molecule is Cc1cc(C(=O)NC(C)CC(C)O)no1. The van der Waals surface area contributed by atoms with Crippen LogP contribution in [-0.4, -0.2) is 28.3 Å². The number of nitrogens with one attached hydrogen (secondary N) is 1. The van der Waals surface area contributed by atoms with Crippen LogP contribution in [0.25, 0.3) is 0 Å². The molecule has 2 atom stereocenters. The summed E-state index contributed by atoms with van der Waals surface area (Å²) in [7, 11) is 0. The van der Waals surface area contributed by atoms with Crippen LogP contribution in [0.3, 0.4) is 0 Å². The van der Waals surface area contributed by atoms with Gasteiger partial charge in [0.2, 0.25) is 0 Å². The van der Waals surface area contributed by atoms with Gasteiger partial charge in [0, 0.05) is 12.1 Å². The van der Waals surface area contributed by atoms with Crippen LogP contribution in [0.15, 0.2) is 10.6 Å². The Kier molecular flexibility index (Phi) is 3.85. The molecule has 1 aromatic heterocycles. The Labute approximate surface area is 88.5 Å². The van der Waals surface area contributed by atoms with E-state index in [9.17, 15) is 4.79 Å². The first-order valence-electron chi connectivity index (χ1n) is 4.91. The summed E-state index contributed by atoms with van der Waals surface area (Å²) in [5.41, 5.74) is 0.268. The molecule has 0 radical (unpaired) electrons. The first-order valence-corrected chi connectivity index (χ1v) is 4.91. The van der Waals surface area contributed by atoms with Gasteiger partial charge in [-0.05, 0) is 27.2 Å². The molecule has 5 nitrogen and oxygen atoms in total. The van der Waals surface area contributed by atoms with Crippen LogP contribution < -0.4 is 5.32 Å². The monoisotopic (exact) mass is 212 g/mol. The van der Waals surface area contributed by atoms with Crippen molar-refractivity contribution in [3.63, 3.8) is 0 Å². The summed E-state index contributed by atoms with van der Waals surface area (Å²) in [6.07, 6.45) is 0.0853. The predicted molar refractivity (Wildman–Crippen MR) is 54.5 cm³/mol. The van der Waals surface area contributed by atoms with Crippen LogP contribution in [-0.2, 0) is 0 Å². The molecule has 0 fully saturated rings. The first kappa shape index (κ1) is 11.7. The van der Waals surface area contributed by atoms with Crippen molar-refractivity contribution in [1.82, 2.24) is 10.5 Å². The van der Waals surface area contributed by atoms with Gasteiger partial charge in [-0.2, -0.15) is 0 Å². The van der Waals surface area contributed by atoms with Crippen LogP contribution in [0.1, 0.15) is 36.5 Å². The second kappa shape index (κ2) is 4.93. The number of aromatic nitrogens is 1. The van der Waals surface area contributed by atoms with Crippen molar-refractivity contribution < 1.29 is 14.4 Å². The van der Waals surface area contributed by atoms with E-state index >= 15 is 0 Å². The van der Waals surface area contributed by atoms with Crippen LogP contribution in [0.2, 0.25) is 0 Å². The number of rotatable bonds is 4. The summed E-state index contributed by atoms with van der Waals surface area (Å²) in [4.78, 5) is 11.5. The third-order valence-electron chi connectivity index (χ3n) is 1.93. The fourth-order valence-electron chi connectivity index (χ4n) is 1.34. The standard InChI is InChI=1S/C10H16N2O3/c1-6(4-7(2)13)11-10(14)9-5-8(3)15-12-9/h5-7,13H,4H2,1-3H3,(H,11,14). The molecule has 0 bridgehead atoms. The van der Waals surface area contributed by atoms with Crippen molar-refractivity contribution >= 4 is 5.91 Å². The van der Waals surface area contributed by atoms with Crippen LogP contribution in [0.5, 0.6) is 0 Å². The lowest BCUT2D eigenvalue weighted by molar-refractivity contribution is 0.0914. The predicted octanol–water partition coefficient (Wildman–Crippen LogP) is 0.872. The second-order valence-corrected chi connectivity index (χ2v) is 3.78. The maximum atomic E-state index is 11.5. The molecule has 0 saturated carbocycles. The highest BCUT2D eigenvalue weighted by molar-refractivity contribution is 5.92. The highest BCUT2D eigenvalue weighted by Gasteiger charge is 2.14. The number of amides is 1. The Morgan fingerprint density at radius 1 is 1.67 bits per heavy atom. The van der Waals surface area contributed by atoms with Crippen molar-refractivity contribution in [2.45, 2.75) is 39.3 Å². The molecule has 1 amide bonds. The van der Waals surface area contributed by atoms with Crippen molar-refractivity contribution in [3.8, 4) is 0 Å². The van der Waals surface area contributed by atoms with Crippen LogP contribution in [0, 0.1) is 6.92 Å². The number of hydrogen-bond donors (Lipinski definition) is 2. The summed E-state index contributed by atoms with van der Waals surface area (Å²) < 4.78 is 4.79. The molecule has 0 aromatic carbocycles. The van der Waals surface area contributed by atoms with E-state index in [1.54, 1.807) is 19.9 Å².